The van der Waals surface area contributed by atoms with E-state index in [-0.39, 0.29) is 5.78 Å². The van der Waals surface area contributed by atoms with Crippen LogP contribution in [0, 0.1) is 0 Å². The van der Waals surface area contributed by atoms with Crippen molar-refractivity contribution < 1.29 is 9.53 Å². The van der Waals surface area contributed by atoms with Gasteiger partial charge < -0.3 is 4.74 Å². The monoisotopic (exact) mass is 329 g/mol. The Morgan fingerprint density at radius 1 is 1.00 bits per heavy atom. The number of aromatic amines is 1. The first-order chi connectivity index (χ1) is 11.8. The predicted molar refractivity (Wildman–Crippen MR) is 94.5 cm³/mol. The number of ketones is 1. The number of H-pyrrole nitrogens is 1. The summed E-state index contributed by atoms with van der Waals surface area (Å²) in [7, 11) is 0. The highest BCUT2D eigenvalue weighted by atomic mass is 16.5. The SMILES string of the molecule is CCCCCCCCc1n[nH]nc1C(=O)c1ccc(OCC)cc1. The minimum absolute atomic E-state index is 0.0900. The Kier molecular flexibility index (Phi) is 7.46. The summed E-state index contributed by atoms with van der Waals surface area (Å²) in [6.45, 7) is 4.76. The van der Waals surface area contributed by atoms with Gasteiger partial charge in [-0.05, 0) is 44.0 Å². The number of nitrogens with one attached hydrogen (secondary N) is 1. The normalized spacial score (nSPS) is 10.8. The summed E-state index contributed by atoms with van der Waals surface area (Å²) < 4.78 is 5.40. The van der Waals surface area contributed by atoms with Crippen LogP contribution in [0.1, 0.15) is 74.1 Å². The molecule has 0 saturated carbocycles. The Morgan fingerprint density at radius 3 is 2.42 bits per heavy atom. The van der Waals surface area contributed by atoms with Crippen LogP contribution in [-0.2, 0) is 6.42 Å². The standard InChI is InChI=1S/C19H27N3O2/c1-3-5-6-7-8-9-10-17-18(21-22-20-17)19(23)15-11-13-16(14-12-15)24-4-2/h11-14H,3-10H2,1-2H3,(H,20,21,22). The van der Waals surface area contributed by atoms with Crippen molar-refractivity contribution in [2.45, 2.75) is 58.8 Å². The molecule has 0 unspecified atom stereocenters. The smallest absolute Gasteiger partial charge is 0.215 e. The molecule has 0 aliphatic heterocycles. The number of ether oxygens (including phenoxy) is 1. The van der Waals surface area contributed by atoms with Gasteiger partial charge in [0.05, 0.1) is 12.3 Å². The van der Waals surface area contributed by atoms with Crippen LogP contribution in [0.25, 0.3) is 0 Å². The maximum atomic E-state index is 12.6. The largest absolute Gasteiger partial charge is 0.494 e. The van der Waals surface area contributed by atoms with Gasteiger partial charge in [0.2, 0.25) is 5.78 Å². The first kappa shape index (κ1) is 18.2. The molecule has 2 rings (SSSR count). The topological polar surface area (TPSA) is 67.9 Å². The quantitative estimate of drug-likeness (QED) is 0.492. The van der Waals surface area contributed by atoms with Gasteiger partial charge in [-0.2, -0.15) is 15.4 Å². The third-order valence-electron chi connectivity index (χ3n) is 4.03. The van der Waals surface area contributed by atoms with Crippen molar-refractivity contribution in [2.24, 2.45) is 0 Å². The molecule has 1 N–H and O–H groups in total. The fourth-order valence-corrected chi connectivity index (χ4v) is 2.69. The summed E-state index contributed by atoms with van der Waals surface area (Å²) in [5.74, 6) is 0.675. The molecule has 0 aliphatic rings. The molecule has 0 aliphatic carbocycles. The average molecular weight is 329 g/mol. The van der Waals surface area contributed by atoms with Crippen LogP contribution in [0.2, 0.25) is 0 Å². The van der Waals surface area contributed by atoms with Crippen molar-refractivity contribution >= 4 is 5.78 Å². The molecular weight excluding hydrogens is 302 g/mol. The second-order valence-corrected chi connectivity index (χ2v) is 5.92. The number of unbranched alkanes of at least 4 members (excludes halogenated alkanes) is 5. The molecule has 130 valence electrons. The third kappa shape index (κ3) is 5.18. The van der Waals surface area contributed by atoms with Gasteiger partial charge in [0, 0.05) is 5.56 Å². The van der Waals surface area contributed by atoms with Crippen molar-refractivity contribution in [1.29, 1.82) is 0 Å². The van der Waals surface area contributed by atoms with Gasteiger partial charge in [-0.1, -0.05) is 39.0 Å². The highest BCUT2D eigenvalue weighted by Crippen LogP contribution is 2.17. The van der Waals surface area contributed by atoms with Gasteiger partial charge in [0.1, 0.15) is 5.75 Å². The first-order valence-corrected chi connectivity index (χ1v) is 8.93. The van der Waals surface area contributed by atoms with E-state index in [1.54, 1.807) is 12.1 Å². The zero-order valence-corrected chi connectivity index (χ0v) is 14.7. The molecular formula is C19H27N3O2. The molecule has 5 nitrogen and oxygen atoms in total. The van der Waals surface area contributed by atoms with E-state index in [1.807, 2.05) is 19.1 Å². The van der Waals surface area contributed by atoms with Gasteiger partial charge in [-0.15, -0.1) is 0 Å². The minimum Gasteiger partial charge on any atom is -0.494 e. The number of carbonyl (C=O) groups is 1. The van der Waals surface area contributed by atoms with Gasteiger partial charge >= 0.3 is 0 Å². The maximum absolute atomic E-state index is 12.6. The molecule has 0 atom stereocenters. The lowest BCUT2D eigenvalue weighted by Gasteiger charge is -2.04. The highest BCUT2D eigenvalue weighted by molar-refractivity contribution is 6.08. The van der Waals surface area contributed by atoms with Gasteiger partial charge in [-0.3, -0.25) is 4.79 Å². The van der Waals surface area contributed by atoms with Crippen molar-refractivity contribution in [1.82, 2.24) is 15.4 Å². The van der Waals surface area contributed by atoms with Crippen LogP contribution >= 0.6 is 0 Å². The molecule has 0 spiro atoms. The zero-order valence-electron chi connectivity index (χ0n) is 14.7. The predicted octanol–water partition coefficient (Wildman–Crippen LogP) is 4.34. The second-order valence-electron chi connectivity index (χ2n) is 5.92. The Balaban J connectivity index is 1.92. The summed E-state index contributed by atoms with van der Waals surface area (Å²) in [6, 6.07) is 7.17. The van der Waals surface area contributed by atoms with E-state index in [0.29, 0.717) is 17.9 Å². The highest BCUT2D eigenvalue weighted by Gasteiger charge is 2.17. The third-order valence-corrected chi connectivity index (χ3v) is 4.03. The molecule has 1 aromatic heterocycles. The first-order valence-electron chi connectivity index (χ1n) is 8.93. The maximum Gasteiger partial charge on any atom is 0.215 e. The second kappa shape index (κ2) is 9.85. The van der Waals surface area contributed by atoms with E-state index in [2.05, 4.69) is 22.3 Å². The van der Waals surface area contributed by atoms with E-state index in [1.165, 1.54) is 32.1 Å². The van der Waals surface area contributed by atoms with Crippen molar-refractivity contribution in [3.8, 4) is 5.75 Å². The van der Waals surface area contributed by atoms with E-state index >= 15 is 0 Å². The number of rotatable bonds is 11. The molecule has 2 aromatic rings. The Labute approximate surface area is 143 Å². The van der Waals surface area contributed by atoms with Crippen LogP contribution in [0.3, 0.4) is 0 Å². The number of hydrogen-bond acceptors (Lipinski definition) is 4. The zero-order chi connectivity index (χ0) is 17.2. The summed E-state index contributed by atoms with van der Waals surface area (Å²) in [6.07, 6.45) is 8.08. The molecule has 24 heavy (non-hydrogen) atoms. The lowest BCUT2D eigenvalue weighted by molar-refractivity contribution is 0.103. The number of nitrogens with zero attached hydrogens (tertiary/aromatic N) is 2. The Hall–Kier alpha value is -2.17. The number of carbonyl (C=O) groups excluding carboxylic acids is 1. The van der Waals surface area contributed by atoms with Crippen LogP contribution in [0.15, 0.2) is 24.3 Å². The number of aromatic nitrogens is 3. The molecule has 1 heterocycles. The van der Waals surface area contributed by atoms with E-state index in [9.17, 15) is 4.79 Å². The van der Waals surface area contributed by atoms with Gasteiger partial charge in [-0.25, -0.2) is 0 Å². The van der Waals surface area contributed by atoms with Crippen LogP contribution in [-0.4, -0.2) is 27.8 Å². The average Bonchev–Trinajstić information content (AvgIpc) is 3.07. The molecule has 0 radical (unpaired) electrons. The number of hydrogen-bond donors (Lipinski definition) is 1. The minimum atomic E-state index is -0.0900. The van der Waals surface area contributed by atoms with Crippen molar-refractivity contribution in [3.05, 3.63) is 41.2 Å². The van der Waals surface area contributed by atoms with Crippen LogP contribution in [0.5, 0.6) is 5.75 Å². The van der Waals surface area contributed by atoms with E-state index < -0.39 is 0 Å². The molecule has 0 amide bonds. The molecule has 0 saturated heterocycles. The number of aryl methyl sites for hydroxylation is 1. The Morgan fingerprint density at radius 2 is 1.71 bits per heavy atom. The van der Waals surface area contributed by atoms with Gasteiger partial charge in [0.25, 0.3) is 0 Å². The van der Waals surface area contributed by atoms with E-state index in [4.69, 9.17) is 4.74 Å². The summed E-state index contributed by atoms with van der Waals surface area (Å²) in [5.41, 5.74) is 1.81. The fourth-order valence-electron chi connectivity index (χ4n) is 2.69. The molecule has 1 aromatic carbocycles. The van der Waals surface area contributed by atoms with Crippen molar-refractivity contribution in [2.75, 3.05) is 6.61 Å². The summed E-state index contributed by atoms with van der Waals surface area (Å²) >= 11 is 0. The molecule has 5 heteroatoms. The lowest BCUT2D eigenvalue weighted by atomic mass is 10.0. The number of benzene rings is 1. The summed E-state index contributed by atoms with van der Waals surface area (Å²) in [4.78, 5) is 12.6. The van der Waals surface area contributed by atoms with E-state index in [0.717, 1.165) is 24.3 Å². The van der Waals surface area contributed by atoms with Gasteiger partial charge in [0.15, 0.2) is 5.69 Å². The van der Waals surface area contributed by atoms with Crippen LogP contribution in [0.4, 0.5) is 0 Å². The summed E-state index contributed by atoms with van der Waals surface area (Å²) in [5, 5.41) is 10.8. The van der Waals surface area contributed by atoms with Crippen molar-refractivity contribution in [3.63, 3.8) is 0 Å². The van der Waals surface area contributed by atoms with Crippen LogP contribution < -0.4 is 4.74 Å². The lowest BCUT2D eigenvalue weighted by Crippen LogP contribution is -2.06. The molecule has 0 fully saturated rings. The Bertz CT molecular complexity index is 620. The molecule has 0 bridgehead atoms. The fraction of sp³-hybridized carbons (Fsp3) is 0.526.